The van der Waals surface area contributed by atoms with Gasteiger partial charge in [0.15, 0.2) is 11.3 Å². The summed E-state index contributed by atoms with van der Waals surface area (Å²) in [5.41, 5.74) is 1.42. The smallest absolute Gasteiger partial charge is 0.340 e. The SMILES string of the molecule is O=C(Nc1ccc2ncnc(Nc3cccc(Cl)c3)c2c1)c1ncn2c(=O)n(CCCl)nnc12. The molecular formula is C21H15Cl2N9O2. The van der Waals surface area contributed by atoms with Crippen LogP contribution in [-0.4, -0.2) is 46.1 Å². The van der Waals surface area contributed by atoms with Gasteiger partial charge in [0.1, 0.15) is 18.5 Å². The third-order valence-electron chi connectivity index (χ3n) is 4.91. The largest absolute Gasteiger partial charge is 0.353 e. The average molecular weight is 496 g/mol. The minimum atomic E-state index is -0.549. The maximum absolute atomic E-state index is 12.9. The zero-order chi connectivity index (χ0) is 23.7. The van der Waals surface area contributed by atoms with Gasteiger partial charge in [0, 0.05) is 27.7 Å². The summed E-state index contributed by atoms with van der Waals surface area (Å²) in [6.45, 7) is 0.188. The second kappa shape index (κ2) is 9.04. The summed E-state index contributed by atoms with van der Waals surface area (Å²) in [6, 6.07) is 12.4. The first kappa shape index (κ1) is 21.7. The first-order valence-electron chi connectivity index (χ1n) is 9.99. The fourth-order valence-corrected chi connectivity index (χ4v) is 3.69. The number of benzene rings is 2. The highest BCUT2D eigenvalue weighted by Gasteiger charge is 2.18. The molecule has 1 amide bonds. The number of carbonyl (C=O) groups is 1. The van der Waals surface area contributed by atoms with Crippen LogP contribution in [0.5, 0.6) is 0 Å². The maximum atomic E-state index is 12.9. The van der Waals surface area contributed by atoms with Crippen LogP contribution >= 0.6 is 23.2 Å². The Balaban J connectivity index is 1.45. The molecule has 0 unspecified atom stereocenters. The summed E-state index contributed by atoms with van der Waals surface area (Å²) in [4.78, 5) is 38.0. The lowest BCUT2D eigenvalue weighted by Crippen LogP contribution is -2.30. The monoisotopic (exact) mass is 495 g/mol. The number of nitrogens with one attached hydrogen (secondary N) is 2. The van der Waals surface area contributed by atoms with Gasteiger partial charge in [-0.15, -0.1) is 16.7 Å². The normalized spacial score (nSPS) is 11.1. The van der Waals surface area contributed by atoms with E-state index in [0.717, 1.165) is 14.8 Å². The van der Waals surface area contributed by atoms with Gasteiger partial charge < -0.3 is 10.6 Å². The number of aryl methyl sites for hydroxylation is 1. The number of aromatic nitrogens is 7. The molecule has 0 radical (unpaired) electrons. The molecule has 5 rings (SSSR count). The van der Waals surface area contributed by atoms with Crippen molar-refractivity contribution in [1.29, 1.82) is 0 Å². The number of amides is 1. The molecule has 2 aromatic carbocycles. The lowest BCUT2D eigenvalue weighted by atomic mass is 10.2. The van der Waals surface area contributed by atoms with Crippen LogP contribution in [0.1, 0.15) is 10.5 Å². The molecule has 0 aliphatic rings. The van der Waals surface area contributed by atoms with Crippen LogP contribution in [-0.2, 0) is 6.54 Å². The van der Waals surface area contributed by atoms with E-state index in [9.17, 15) is 9.59 Å². The molecule has 34 heavy (non-hydrogen) atoms. The van der Waals surface area contributed by atoms with Gasteiger partial charge in [-0.1, -0.05) is 22.9 Å². The van der Waals surface area contributed by atoms with Gasteiger partial charge in [-0.2, -0.15) is 4.68 Å². The van der Waals surface area contributed by atoms with Gasteiger partial charge in [0.2, 0.25) is 0 Å². The Kier molecular flexibility index (Phi) is 5.78. The molecule has 0 aliphatic carbocycles. The zero-order valence-corrected chi connectivity index (χ0v) is 18.8. The molecule has 3 aromatic heterocycles. The van der Waals surface area contributed by atoms with Crippen molar-refractivity contribution in [3.8, 4) is 0 Å². The number of alkyl halides is 1. The lowest BCUT2D eigenvalue weighted by molar-refractivity contribution is 0.102. The van der Waals surface area contributed by atoms with Gasteiger partial charge >= 0.3 is 5.69 Å². The van der Waals surface area contributed by atoms with E-state index in [-0.39, 0.29) is 23.8 Å². The Hall–Kier alpha value is -4.09. The van der Waals surface area contributed by atoms with Crippen LogP contribution in [0.2, 0.25) is 5.02 Å². The number of hydrogen-bond donors (Lipinski definition) is 2. The maximum Gasteiger partial charge on any atom is 0.353 e. The summed E-state index contributed by atoms with van der Waals surface area (Å²) in [7, 11) is 0. The standard InChI is InChI=1S/C21H15Cl2N9O2/c22-6-7-32-21(34)31-11-26-17(19(31)29-30-32)20(33)28-14-4-5-16-15(9-14)18(25-10-24-16)27-13-3-1-2-12(23)8-13/h1-5,8-11H,6-7H2,(H,28,33)(H,24,25,27). The van der Waals surface area contributed by atoms with Crippen molar-refractivity contribution < 1.29 is 4.79 Å². The Labute approximate surface area is 201 Å². The molecule has 2 N–H and O–H groups in total. The summed E-state index contributed by atoms with van der Waals surface area (Å²) >= 11 is 11.7. The van der Waals surface area contributed by atoms with Gasteiger partial charge in [-0.3, -0.25) is 4.79 Å². The quantitative estimate of drug-likeness (QED) is 0.343. The molecule has 13 heteroatoms. The van der Waals surface area contributed by atoms with Crippen molar-refractivity contribution in [2.45, 2.75) is 6.54 Å². The highest BCUT2D eigenvalue weighted by atomic mass is 35.5. The summed E-state index contributed by atoms with van der Waals surface area (Å²) in [5.74, 6) is 0.190. The second-order valence-corrected chi connectivity index (χ2v) is 7.93. The summed E-state index contributed by atoms with van der Waals surface area (Å²) < 4.78 is 2.25. The van der Waals surface area contributed by atoms with Crippen LogP contribution < -0.4 is 16.3 Å². The van der Waals surface area contributed by atoms with Gasteiger partial charge in [-0.05, 0) is 36.4 Å². The van der Waals surface area contributed by atoms with Crippen molar-refractivity contribution in [2.75, 3.05) is 16.5 Å². The third-order valence-corrected chi connectivity index (χ3v) is 5.31. The molecule has 0 saturated heterocycles. The topological polar surface area (TPSA) is 132 Å². The molecule has 0 saturated carbocycles. The van der Waals surface area contributed by atoms with Gasteiger partial charge in [0.05, 0.1) is 12.1 Å². The van der Waals surface area contributed by atoms with E-state index in [2.05, 4.69) is 35.9 Å². The van der Waals surface area contributed by atoms with Crippen molar-refractivity contribution in [3.63, 3.8) is 0 Å². The number of hydrogen-bond acceptors (Lipinski definition) is 8. The Morgan fingerprint density at radius 1 is 1.06 bits per heavy atom. The fraction of sp³-hybridized carbons (Fsp3) is 0.0952. The van der Waals surface area contributed by atoms with E-state index in [1.165, 1.54) is 12.7 Å². The first-order chi connectivity index (χ1) is 16.5. The minimum Gasteiger partial charge on any atom is -0.340 e. The average Bonchev–Trinajstić information content (AvgIpc) is 3.27. The van der Waals surface area contributed by atoms with E-state index in [1.807, 2.05) is 12.1 Å². The third kappa shape index (κ3) is 4.14. The molecule has 170 valence electrons. The fourth-order valence-electron chi connectivity index (χ4n) is 3.34. The Morgan fingerprint density at radius 3 is 2.76 bits per heavy atom. The highest BCUT2D eigenvalue weighted by Crippen LogP contribution is 2.27. The summed E-state index contributed by atoms with van der Waals surface area (Å²) in [6.07, 6.45) is 2.67. The van der Waals surface area contributed by atoms with E-state index in [1.54, 1.807) is 30.3 Å². The van der Waals surface area contributed by atoms with Crippen LogP contribution in [0.3, 0.4) is 0 Å². The molecule has 0 fully saturated rings. The molecule has 3 heterocycles. The van der Waals surface area contributed by atoms with Crippen LogP contribution in [0, 0.1) is 0 Å². The molecule has 0 atom stereocenters. The van der Waals surface area contributed by atoms with Crippen molar-refractivity contribution >= 4 is 62.9 Å². The predicted octanol–water partition coefficient (Wildman–Crippen LogP) is 3.12. The number of carbonyl (C=O) groups excluding carboxylic acids is 1. The van der Waals surface area contributed by atoms with Crippen LogP contribution in [0.4, 0.5) is 17.2 Å². The Morgan fingerprint density at radius 2 is 1.94 bits per heavy atom. The van der Waals surface area contributed by atoms with E-state index >= 15 is 0 Å². The number of nitrogens with zero attached hydrogens (tertiary/aromatic N) is 7. The Bertz CT molecular complexity index is 1600. The molecule has 0 aliphatic heterocycles. The summed E-state index contributed by atoms with van der Waals surface area (Å²) in [5, 5.41) is 15.0. The molecule has 5 aromatic rings. The number of imidazole rings is 1. The number of anilines is 3. The van der Waals surface area contributed by atoms with E-state index < -0.39 is 11.6 Å². The number of fused-ring (bicyclic) bond motifs is 2. The zero-order valence-electron chi connectivity index (χ0n) is 17.3. The lowest BCUT2D eigenvalue weighted by Gasteiger charge is -2.10. The molecular weight excluding hydrogens is 481 g/mol. The number of rotatable bonds is 6. The molecule has 0 bridgehead atoms. The number of halogens is 2. The molecule has 11 nitrogen and oxygen atoms in total. The van der Waals surface area contributed by atoms with Crippen LogP contribution in [0.25, 0.3) is 16.6 Å². The van der Waals surface area contributed by atoms with Crippen molar-refractivity contribution in [3.05, 3.63) is 76.3 Å². The van der Waals surface area contributed by atoms with Crippen LogP contribution in [0.15, 0.2) is 59.9 Å². The van der Waals surface area contributed by atoms with Gasteiger partial charge in [0.25, 0.3) is 5.91 Å². The minimum absolute atomic E-state index is 0.0377. The molecule has 0 spiro atoms. The van der Waals surface area contributed by atoms with Crippen molar-refractivity contribution in [2.24, 2.45) is 0 Å². The second-order valence-electron chi connectivity index (χ2n) is 7.11. The predicted molar refractivity (Wildman–Crippen MR) is 128 cm³/mol. The van der Waals surface area contributed by atoms with E-state index in [4.69, 9.17) is 23.2 Å². The highest BCUT2D eigenvalue weighted by molar-refractivity contribution is 6.30. The van der Waals surface area contributed by atoms with Gasteiger partial charge in [-0.25, -0.2) is 24.1 Å². The van der Waals surface area contributed by atoms with E-state index in [0.29, 0.717) is 27.4 Å². The van der Waals surface area contributed by atoms with Crippen molar-refractivity contribution in [1.82, 2.24) is 34.3 Å². The first-order valence-corrected chi connectivity index (χ1v) is 10.9.